The van der Waals surface area contributed by atoms with Crippen LogP contribution in [0.5, 0.6) is 5.75 Å². The van der Waals surface area contributed by atoms with E-state index in [0.717, 1.165) is 68.8 Å². The summed E-state index contributed by atoms with van der Waals surface area (Å²) < 4.78 is 6.01. The van der Waals surface area contributed by atoms with Crippen LogP contribution in [-0.4, -0.2) is 10.8 Å². The molecule has 4 aromatic rings. The standard InChI is InChI=1S/C30H26N2O2/c1-19-10-15-23-24(31-19)16-17-26-29(23)28(30-25(32-26)8-5-9-27(30)33)21-11-13-22(14-12-21)34-18-20-6-3-2-4-7-20/h2-4,6-7,10-17,28,32H,5,8-9,18H2,1H3/t28-/m0/s1. The molecule has 2 heterocycles. The van der Waals surface area contributed by atoms with Gasteiger partial charge >= 0.3 is 0 Å². The Morgan fingerprint density at radius 3 is 2.59 bits per heavy atom. The number of allylic oxidation sites excluding steroid dienone is 2. The molecule has 2 aliphatic rings. The Bertz CT molecular complexity index is 1420. The molecule has 0 amide bonds. The summed E-state index contributed by atoms with van der Waals surface area (Å²) in [5, 5.41) is 4.68. The molecule has 168 valence electrons. The molecule has 0 saturated carbocycles. The second kappa shape index (κ2) is 8.45. The van der Waals surface area contributed by atoms with Gasteiger partial charge in [-0.15, -0.1) is 0 Å². The maximum absolute atomic E-state index is 13.2. The van der Waals surface area contributed by atoms with Crippen LogP contribution in [0.25, 0.3) is 10.9 Å². The lowest BCUT2D eigenvalue weighted by molar-refractivity contribution is -0.116. The Labute approximate surface area is 199 Å². The van der Waals surface area contributed by atoms with E-state index in [2.05, 4.69) is 47.8 Å². The third-order valence-corrected chi connectivity index (χ3v) is 6.83. The van der Waals surface area contributed by atoms with Crippen molar-refractivity contribution in [3.8, 4) is 5.75 Å². The maximum atomic E-state index is 13.2. The van der Waals surface area contributed by atoms with E-state index in [1.165, 1.54) is 0 Å². The number of hydrogen-bond donors (Lipinski definition) is 1. The van der Waals surface area contributed by atoms with Gasteiger partial charge in [0.2, 0.25) is 0 Å². The minimum absolute atomic E-state index is 0.115. The minimum Gasteiger partial charge on any atom is -0.489 e. The van der Waals surface area contributed by atoms with Gasteiger partial charge in [-0.05, 0) is 66.8 Å². The molecule has 3 aromatic carbocycles. The SMILES string of the molecule is Cc1ccc2c3c(ccc2n1)NC1=C(C(=O)CCC1)[C@H]3c1ccc(OCc2ccccc2)cc1. The smallest absolute Gasteiger partial charge is 0.161 e. The summed E-state index contributed by atoms with van der Waals surface area (Å²) in [5.41, 5.74) is 8.36. The number of ether oxygens (including phenoxy) is 1. The number of aryl methyl sites for hydroxylation is 1. The average Bonchev–Trinajstić information content (AvgIpc) is 2.87. The van der Waals surface area contributed by atoms with Crippen LogP contribution < -0.4 is 10.1 Å². The third-order valence-electron chi connectivity index (χ3n) is 6.83. The third kappa shape index (κ3) is 3.65. The second-order valence-electron chi connectivity index (χ2n) is 9.12. The number of carbonyl (C=O) groups is 1. The molecule has 0 saturated heterocycles. The van der Waals surface area contributed by atoms with E-state index >= 15 is 0 Å². The molecule has 6 rings (SSSR count). The molecule has 4 heteroatoms. The van der Waals surface area contributed by atoms with Crippen LogP contribution in [0.1, 0.15) is 47.6 Å². The fourth-order valence-electron chi connectivity index (χ4n) is 5.21. The van der Waals surface area contributed by atoms with Crippen molar-refractivity contribution in [2.45, 2.75) is 38.7 Å². The van der Waals surface area contributed by atoms with Gasteiger partial charge in [0.1, 0.15) is 12.4 Å². The molecule has 4 nitrogen and oxygen atoms in total. The second-order valence-corrected chi connectivity index (χ2v) is 9.12. The summed E-state index contributed by atoms with van der Waals surface area (Å²) >= 11 is 0. The van der Waals surface area contributed by atoms with Gasteiger partial charge in [-0.25, -0.2) is 0 Å². The molecule has 0 unspecified atom stereocenters. The highest BCUT2D eigenvalue weighted by atomic mass is 16.5. The van der Waals surface area contributed by atoms with Crippen molar-refractivity contribution in [3.63, 3.8) is 0 Å². The number of pyridine rings is 1. The zero-order valence-electron chi connectivity index (χ0n) is 19.2. The Balaban J connectivity index is 1.42. The Morgan fingerprint density at radius 2 is 1.76 bits per heavy atom. The number of Topliss-reactive ketones (excluding diaryl/α,β-unsaturated/α-hetero) is 1. The quantitative estimate of drug-likeness (QED) is 0.380. The molecule has 1 atom stereocenters. The Morgan fingerprint density at radius 1 is 0.941 bits per heavy atom. The summed E-state index contributed by atoms with van der Waals surface area (Å²) in [5.74, 6) is 0.947. The Hall–Kier alpha value is -3.92. The van der Waals surface area contributed by atoms with Crippen LogP contribution in [-0.2, 0) is 11.4 Å². The monoisotopic (exact) mass is 446 g/mol. The molecule has 34 heavy (non-hydrogen) atoms. The summed E-state index contributed by atoms with van der Waals surface area (Å²) in [7, 11) is 0. The van der Waals surface area contributed by atoms with E-state index in [4.69, 9.17) is 9.72 Å². The molecule has 0 bridgehead atoms. The first-order chi connectivity index (χ1) is 16.7. The first kappa shape index (κ1) is 20.7. The minimum atomic E-state index is -0.115. The van der Waals surface area contributed by atoms with Gasteiger partial charge in [0, 0.05) is 40.4 Å². The van der Waals surface area contributed by atoms with E-state index < -0.39 is 0 Å². The molecule has 0 fully saturated rings. The van der Waals surface area contributed by atoms with E-state index in [0.29, 0.717) is 13.0 Å². The van der Waals surface area contributed by atoms with Crippen LogP contribution >= 0.6 is 0 Å². The van der Waals surface area contributed by atoms with E-state index in [-0.39, 0.29) is 11.7 Å². The lowest BCUT2D eigenvalue weighted by Gasteiger charge is -2.35. The van der Waals surface area contributed by atoms with Gasteiger partial charge in [-0.3, -0.25) is 9.78 Å². The molecule has 1 aliphatic carbocycles. The molecule has 1 aromatic heterocycles. The van der Waals surface area contributed by atoms with E-state index in [1.54, 1.807) is 0 Å². The zero-order valence-corrected chi connectivity index (χ0v) is 19.2. The number of hydrogen-bond acceptors (Lipinski definition) is 4. The predicted octanol–water partition coefficient (Wildman–Crippen LogP) is 6.69. The largest absolute Gasteiger partial charge is 0.489 e. The highest BCUT2D eigenvalue weighted by Crippen LogP contribution is 2.48. The van der Waals surface area contributed by atoms with Crippen LogP contribution in [0.15, 0.2) is 90.1 Å². The average molecular weight is 447 g/mol. The number of fused-ring (bicyclic) bond motifs is 3. The lowest BCUT2D eigenvalue weighted by atomic mass is 9.74. The highest BCUT2D eigenvalue weighted by molar-refractivity contribution is 6.03. The van der Waals surface area contributed by atoms with Crippen molar-refractivity contribution in [2.75, 3.05) is 5.32 Å². The number of aromatic nitrogens is 1. The van der Waals surface area contributed by atoms with E-state index in [1.807, 2.05) is 43.3 Å². The number of nitrogens with one attached hydrogen (secondary N) is 1. The summed E-state index contributed by atoms with van der Waals surface area (Å²) in [4.78, 5) is 18.0. The fourth-order valence-corrected chi connectivity index (χ4v) is 5.21. The number of carbonyl (C=O) groups excluding carboxylic acids is 1. The van der Waals surface area contributed by atoms with Crippen molar-refractivity contribution < 1.29 is 9.53 Å². The number of rotatable bonds is 4. The molecular formula is C30H26N2O2. The number of nitrogens with zero attached hydrogens (tertiary/aromatic N) is 1. The van der Waals surface area contributed by atoms with Gasteiger partial charge in [0.15, 0.2) is 5.78 Å². The highest BCUT2D eigenvalue weighted by Gasteiger charge is 2.36. The number of anilines is 1. The van der Waals surface area contributed by atoms with Crippen LogP contribution in [0, 0.1) is 6.92 Å². The number of ketones is 1. The lowest BCUT2D eigenvalue weighted by Crippen LogP contribution is -2.27. The van der Waals surface area contributed by atoms with E-state index in [9.17, 15) is 4.79 Å². The summed E-state index contributed by atoms with van der Waals surface area (Å²) in [6.45, 7) is 2.54. The van der Waals surface area contributed by atoms with Crippen molar-refractivity contribution in [1.82, 2.24) is 4.98 Å². The maximum Gasteiger partial charge on any atom is 0.161 e. The molecule has 1 aliphatic heterocycles. The summed E-state index contributed by atoms with van der Waals surface area (Å²) in [6, 6.07) is 26.8. The molecule has 0 radical (unpaired) electrons. The first-order valence-corrected chi connectivity index (χ1v) is 11.9. The van der Waals surface area contributed by atoms with Crippen molar-refractivity contribution in [2.24, 2.45) is 0 Å². The first-order valence-electron chi connectivity index (χ1n) is 11.9. The number of benzene rings is 3. The molecule has 1 N–H and O–H groups in total. The van der Waals surface area contributed by atoms with Crippen LogP contribution in [0.4, 0.5) is 5.69 Å². The Kier molecular flexibility index (Phi) is 5.14. The molecular weight excluding hydrogens is 420 g/mol. The molecule has 0 spiro atoms. The van der Waals surface area contributed by atoms with Gasteiger partial charge < -0.3 is 10.1 Å². The van der Waals surface area contributed by atoms with Gasteiger partial charge in [-0.1, -0.05) is 48.5 Å². The topological polar surface area (TPSA) is 51.2 Å². The fraction of sp³-hybridized carbons (Fsp3) is 0.200. The van der Waals surface area contributed by atoms with Gasteiger partial charge in [0.25, 0.3) is 0 Å². The van der Waals surface area contributed by atoms with Crippen molar-refractivity contribution in [1.29, 1.82) is 0 Å². The van der Waals surface area contributed by atoms with Gasteiger partial charge in [-0.2, -0.15) is 0 Å². The summed E-state index contributed by atoms with van der Waals surface area (Å²) in [6.07, 6.45) is 2.40. The zero-order chi connectivity index (χ0) is 23.1. The van der Waals surface area contributed by atoms with Crippen molar-refractivity contribution in [3.05, 3.63) is 113 Å². The van der Waals surface area contributed by atoms with Crippen molar-refractivity contribution >= 4 is 22.4 Å². The van der Waals surface area contributed by atoms with Gasteiger partial charge in [0.05, 0.1) is 5.52 Å². The predicted molar refractivity (Wildman–Crippen MR) is 135 cm³/mol. The van der Waals surface area contributed by atoms with Crippen LogP contribution in [0.2, 0.25) is 0 Å². The normalized spacial score (nSPS) is 17.2. The van der Waals surface area contributed by atoms with Crippen LogP contribution in [0.3, 0.4) is 0 Å².